The molecule has 1 saturated carbocycles. The molecule has 3 rings (SSSR count). The van der Waals surface area contributed by atoms with Crippen LogP contribution in [0.4, 0.5) is 0 Å². The summed E-state index contributed by atoms with van der Waals surface area (Å²) in [4.78, 5) is 25.3. The highest BCUT2D eigenvalue weighted by molar-refractivity contribution is 5.94. The number of hydrogen-bond donors (Lipinski definition) is 1. The first-order chi connectivity index (χ1) is 9.63. The number of β-amino-alcohol motifs (C(OH)–C–C–N with tert-alkyl or cyclic N) is 1. The van der Waals surface area contributed by atoms with E-state index in [9.17, 15) is 14.7 Å². The summed E-state index contributed by atoms with van der Waals surface area (Å²) in [5.74, 6) is 0.636. The van der Waals surface area contributed by atoms with E-state index in [2.05, 4.69) is 0 Å². The van der Waals surface area contributed by atoms with Gasteiger partial charge in [-0.2, -0.15) is 0 Å². The molecule has 4 heteroatoms. The Morgan fingerprint density at radius 3 is 2.50 bits per heavy atom. The topological polar surface area (TPSA) is 57.6 Å². The summed E-state index contributed by atoms with van der Waals surface area (Å²) in [5.41, 5.74) is 1.81. The van der Waals surface area contributed by atoms with Crippen LogP contribution in [0.3, 0.4) is 0 Å². The Kier molecular flexibility index (Phi) is 3.57. The Morgan fingerprint density at radius 1 is 1.20 bits per heavy atom. The van der Waals surface area contributed by atoms with Gasteiger partial charge in [0.1, 0.15) is 5.78 Å². The van der Waals surface area contributed by atoms with Gasteiger partial charge in [-0.3, -0.25) is 9.59 Å². The van der Waals surface area contributed by atoms with Crippen molar-refractivity contribution in [2.45, 2.75) is 37.7 Å². The lowest BCUT2D eigenvalue weighted by Crippen LogP contribution is -2.29. The van der Waals surface area contributed by atoms with Crippen LogP contribution in [-0.4, -0.2) is 40.9 Å². The minimum Gasteiger partial charge on any atom is -0.391 e. The van der Waals surface area contributed by atoms with Gasteiger partial charge in [0.05, 0.1) is 6.10 Å². The van der Waals surface area contributed by atoms with Crippen molar-refractivity contribution >= 4 is 11.7 Å². The van der Waals surface area contributed by atoms with E-state index in [0.29, 0.717) is 49.6 Å². The van der Waals surface area contributed by atoms with Crippen molar-refractivity contribution in [1.82, 2.24) is 4.90 Å². The molecule has 1 heterocycles. The maximum atomic E-state index is 12.2. The van der Waals surface area contributed by atoms with Crippen molar-refractivity contribution in [3.63, 3.8) is 0 Å². The molecular formula is C16H19NO3. The highest BCUT2D eigenvalue weighted by Crippen LogP contribution is 2.32. The van der Waals surface area contributed by atoms with E-state index in [0.717, 1.165) is 12.0 Å². The summed E-state index contributed by atoms with van der Waals surface area (Å²) in [6.45, 7) is 1.05. The van der Waals surface area contributed by atoms with Gasteiger partial charge in [0, 0.05) is 31.5 Å². The zero-order chi connectivity index (χ0) is 14.1. The highest BCUT2D eigenvalue weighted by Gasteiger charge is 2.26. The van der Waals surface area contributed by atoms with Crippen LogP contribution in [0, 0.1) is 0 Å². The third kappa shape index (κ3) is 2.61. The Balaban J connectivity index is 1.69. The third-order valence-corrected chi connectivity index (χ3v) is 4.33. The molecule has 0 bridgehead atoms. The lowest BCUT2D eigenvalue weighted by molar-refractivity contribution is -0.117. The number of hydrogen-bond acceptors (Lipinski definition) is 3. The predicted octanol–water partition coefficient (Wildman–Crippen LogP) is 1.73. The fourth-order valence-electron chi connectivity index (χ4n) is 3.11. The Labute approximate surface area is 118 Å². The van der Waals surface area contributed by atoms with Gasteiger partial charge in [-0.25, -0.2) is 0 Å². The van der Waals surface area contributed by atoms with Crippen LogP contribution in [0.2, 0.25) is 0 Å². The number of rotatable bonds is 2. The van der Waals surface area contributed by atoms with E-state index in [1.165, 1.54) is 0 Å². The van der Waals surface area contributed by atoms with Crippen molar-refractivity contribution < 1.29 is 14.7 Å². The number of carbonyl (C=O) groups is 2. The smallest absolute Gasteiger partial charge is 0.253 e. The number of aliphatic hydroxyl groups is 1. The summed E-state index contributed by atoms with van der Waals surface area (Å²) in [5, 5.41) is 9.48. The number of benzene rings is 1. The minimum atomic E-state index is -0.386. The fraction of sp³-hybridized carbons (Fsp3) is 0.500. The second kappa shape index (κ2) is 5.37. The highest BCUT2D eigenvalue weighted by atomic mass is 16.3. The van der Waals surface area contributed by atoms with Crippen LogP contribution in [0.15, 0.2) is 24.3 Å². The van der Waals surface area contributed by atoms with Crippen molar-refractivity contribution in [2.24, 2.45) is 0 Å². The Hall–Kier alpha value is -1.68. The normalized spacial score (nSPS) is 26.2. The monoisotopic (exact) mass is 273 g/mol. The van der Waals surface area contributed by atoms with E-state index in [4.69, 9.17) is 0 Å². The van der Waals surface area contributed by atoms with E-state index >= 15 is 0 Å². The zero-order valence-electron chi connectivity index (χ0n) is 11.4. The molecule has 0 aromatic heterocycles. The molecule has 4 nitrogen and oxygen atoms in total. The van der Waals surface area contributed by atoms with Gasteiger partial charge in [-0.1, -0.05) is 12.1 Å². The van der Waals surface area contributed by atoms with Crippen molar-refractivity contribution in [1.29, 1.82) is 0 Å². The molecule has 1 aromatic rings. The van der Waals surface area contributed by atoms with Crippen LogP contribution in [0.25, 0.3) is 0 Å². The van der Waals surface area contributed by atoms with E-state index in [-0.39, 0.29) is 12.0 Å². The molecule has 1 N–H and O–H groups in total. The molecule has 2 atom stereocenters. The van der Waals surface area contributed by atoms with Gasteiger partial charge in [0.15, 0.2) is 0 Å². The van der Waals surface area contributed by atoms with Crippen LogP contribution in [0.5, 0.6) is 0 Å². The SMILES string of the molecule is O=C1CC[C@@H](c2ccc(C(=O)N3CC[C@H](O)C3)cc2)C1. The molecule has 1 aromatic carbocycles. The molecule has 0 spiro atoms. The number of aliphatic hydroxyl groups excluding tert-OH is 1. The molecule has 1 aliphatic carbocycles. The zero-order valence-corrected chi connectivity index (χ0v) is 11.4. The largest absolute Gasteiger partial charge is 0.391 e. The summed E-state index contributed by atoms with van der Waals surface area (Å²) in [6, 6.07) is 7.60. The van der Waals surface area contributed by atoms with Crippen LogP contribution in [0.1, 0.15) is 47.5 Å². The van der Waals surface area contributed by atoms with E-state index in [1.54, 1.807) is 4.90 Å². The maximum absolute atomic E-state index is 12.2. The number of nitrogens with zero attached hydrogens (tertiary/aromatic N) is 1. The molecule has 1 amide bonds. The van der Waals surface area contributed by atoms with Gasteiger partial charge in [0.2, 0.25) is 0 Å². The molecule has 0 radical (unpaired) electrons. The molecule has 2 fully saturated rings. The summed E-state index contributed by atoms with van der Waals surface area (Å²) in [6.07, 6.45) is 2.50. The quantitative estimate of drug-likeness (QED) is 0.892. The van der Waals surface area contributed by atoms with Crippen LogP contribution < -0.4 is 0 Å². The van der Waals surface area contributed by atoms with Crippen molar-refractivity contribution in [3.05, 3.63) is 35.4 Å². The van der Waals surface area contributed by atoms with Gasteiger partial charge in [-0.15, -0.1) is 0 Å². The van der Waals surface area contributed by atoms with Crippen molar-refractivity contribution in [2.75, 3.05) is 13.1 Å². The number of amides is 1. The van der Waals surface area contributed by atoms with Gasteiger partial charge in [0.25, 0.3) is 5.91 Å². The molecule has 1 aliphatic heterocycles. The minimum absolute atomic E-state index is 0.0180. The van der Waals surface area contributed by atoms with Crippen LogP contribution >= 0.6 is 0 Å². The molecule has 106 valence electrons. The van der Waals surface area contributed by atoms with Gasteiger partial charge in [-0.05, 0) is 36.5 Å². The van der Waals surface area contributed by atoms with Gasteiger partial charge >= 0.3 is 0 Å². The Morgan fingerprint density at radius 2 is 1.95 bits per heavy atom. The van der Waals surface area contributed by atoms with Crippen LogP contribution in [-0.2, 0) is 4.79 Å². The number of Topliss-reactive ketones (excluding diaryl/α,β-unsaturated/α-hetero) is 1. The third-order valence-electron chi connectivity index (χ3n) is 4.33. The predicted molar refractivity (Wildman–Crippen MR) is 74.6 cm³/mol. The first-order valence-electron chi connectivity index (χ1n) is 7.22. The summed E-state index contributed by atoms with van der Waals surface area (Å²) in [7, 11) is 0. The Bertz CT molecular complexity index is 523. The second-order valence-corrected chi connectivity index (χ2v) is 5.79. The number of ketones is 1. The first-order valence-corrected chi connectivity index (χ1v) is 7.22. The van der Waals surface area contributed by atoms with E-state index < -0.39 is 0 Å². The average Bonchev–Trinajstić information content (AvgIpc) is 3.07. The summed E-state index contributed by atoms with van der Waals surface area (Å²) < 4.78 is 0. The second-order valence-electron chi connectivity index (χ2n) is 5.79. The molecule has 20 heavy (non-hydrogen) atoms. The van der Waals surface area contributed by atoms with E-state index in [1.807, 2.05) is 24.3 Å². The number of likely N-dealkylation sites (tertiary alicyclic amines) is 1. The first kappa shape index (κ1) is 13.3. The maximum Gasteiger partial charge on any atom is 0.253 e. The van der Waals surface area contributed by atoms with Crippen molar-refractivity contribution in [3.8, 4) is 0 Å². The molecule has 0 unspecified atom stereocenters. The molecule has 2 aliphatic rings. The summed E-state index contributed by atoms with van der Waals surface area (Å²) >= 11 is 0. The van der Waals surface area contributed by atoms with Gasteiger partial charge < -0.3 is 10.0 Å². The molecular weight excluding hydrogens is 254 g/mol. The average molecular weight is 273 g/mol. The number of carbonyl (C=O) groups excluding carboxylic acids is 2. The lowest BCUT2D eigenvalue weighted by atomic mass is 9.96. The molecule has 1 saturated heterocycles. The standard InChI is InChI=1S/C16H19NO3/c18-14-6-5-13(9-14)11-1-3-12(4-2-11)16(20)17-8-7-15(19)10-17/h1-4,13,15,19H,5-10H2/t13-,15+/m1/s1. The fourth-order valence-corrected chi connectivity index (χ4v) is 3.11. The lowest BCUT2D eigenvalue weighted by Gasteiger charge is -2.16.